The summed E-state index contributed by atoms with van der Waals surface area (Å²) in [5, 5.41) is 11.4. The van der Waals surface area contributed by atoms with Crippen LogP contribution >= 0.6 is 0 Å². The Morgan fingerprint density at radius 2 is 1.82 bits per heavy atom. The van der Waals surface area contributed by atoms with Crippen LogP contribution in [0.25, 0.3) is 0 Å². The largest absolute Gasteiger partial charge is 0.481 e. The molecule has 0 aliphatic heterocycles. The van der Waals surface area contributed by atoms with E-state index < -0.39 is 12.5 Å². The minimum Gasteiger partial charge on any atom is -0.481 e. The standard InChI is InChI=1S/C9H13F2N3O3/c1-16-6-3-7(17-2)14-9(13-6)12-4-5(15)8(10)11/h3,5,8,15H,4H2,1-2H3,(H,12,13,14). The van der Waals surface area contributed by atoms with Crippen LogP contribution in [0.1, 0.15) is 0 Å². The molecule has 0 radical (unpaired) electrons. The number of hydrogen-bond acceptors (Lipinski definition) is 6. The van der Waals surface area contributed by atoms with Crippen LogP contribution in [0.3, 0.4) is 0 Å². The number of hydrogen-bond donors (Lipinski definition) is 2. The molecular weight excluding hydrogens is 236 g/mol. The van der Waals surface area contributed by atoms with Gasteiger partial charge >= 0.3 is 0 Å². The summed E-state index contributed by atoms with van der Waals surface area (Å²) in [6.45, 7) is -0.367. The summed E-state index contributed by atoms with van der Waals surface area (Å²) in [6.07, 6.45) is -4.61. The first-order valence-electron chi connectivity index (χ1n) is 4.74. The van der Waals surface area contributed by atoms with Gasteiger partial charge in [0.15, 0.2) is 0 Å². The van der Waals surface area contributed by atoms with Gasteiger partial charge in [0.05, 0.1) is 20.3 Å². The van der Waals surface area contributed by atoms with Crippen molar-refractivity contribution in [2.45, 2.75) is 12.5 Å². The van der Waals surface area contributed by atoms with Crippen LogP contribution in [-0.2, 0) is 0 Å². The number of aliphatic hydroxyl groups is 1. The highest BCUT2D eigenvalue weighted by Crippen LogP contribution is 2.17. The van der Waals surface area contributed by atoms with Gasteiger partial charge in [0.25, 0.3) is 6.43 Å². The third-order valence-corrected chi connectivity index (χ3v) is 1.86. The van der Waals surface area contributed by atoms with Gasteiger partial charge in [0.2, 0.25) is 17.7 Å². The van der Waals surface area contributed by atoms with Crippen molar-refractivity contribution >= 4 is 5.95 Å². The average Bonchev–Trinajstić information content (AvgIpc) is 2.35. The molecule has 8 heteroatoms. The third-order valence-electron chi connectivity index (χ3n) is 1.86. The molecule has 1 aromatic rings. The zero-order valence-corrected chi connectivity index (χ0v) is 9.35. The summed E-state index contributed by atoms with van der Waals surface area (Å²) in [6, 6.07) is 1.44. The number of alkyl halides is 2. The molecule has 0 bridgehead atoms. The second-order valence-corrected chi connectivity index (χ2v) is 3.06. The lowest BCUT2D eigenvalue weighted by molar-refractivity contribution is 0.00376. The molecule has 0 aliphatic rings. The summed E-state index contributed by atoms with van der Waals surface area (Å²) in [4.78, 5) is 7.70. The summed E-state index contributed by atoms with van der Waals surface area (Å²) >= 11 is 0. The highest BCUT2D eigenvalue weighted by atomic mass is 19.3. The second-order valence-electron chi connectivity index (χ2n) is 3.06. The Morgan fingerprint density at radius 1 is 1.29 bits per heavy atom. The predicted octanol–water partition coefficient (Wildman–Crippen LogP) is 0.532. The number of nitrogens with zero attached hydrogens (tertiary/aromatic N) is 2. The minimum atomic E-state index is -2.82. The molecule has 1 rings (SSSR count). The first-order valence-corrected chi connectivity index (χ1v) is 4.74. The lowest BCUT2D eigenvalue weighted by atomic mass is 10.4. The minimum absolute atomic E-state index is 0.0425. The topological polar surface area (TPSA) is 76.5 Å². The van der Waals surface area contributed by atoms with Crippen LogP contribution in [-0.4, -0.2) is 48.4 Å². The van der Waals surface area contributed by atoms with Gasteiger partial charge in [-0.05, 0) is 0 Å². The fraction of sp³-hybridized carbons (Fsp3) is 0.556. The number of halogens is 2. The second kappa shape index (κ2) is 6.14. The monoisotopic (exact) mass is 249 g/mol. The molecule has 0 saturated carbocycles. The summed E-state index contributed by atoms with van der Waals surface area (Å²) in [7, 11) is 2.80. The Labute approximate surface area is 96.6 Å². The van der Waals surface area contributed by atoms with Gasteiger partial charge in [-0.3, -0.25) is 0 Å². The number of aliphatic hydroxyl groups excluding tert-OH is 1. The van der Waals surface area contributed by atoms with Crippen LogP contribution in [0.5, 0.6) is 11.8 Å². The number of ether oxygens (including phenoxy) is 2. The molecule has 0 spiro atoms. The molecule has 0 saturated heterocycles. The SMILES string of the molecule is COc1cc(OC)nc(NCC(O)C(F)F)n1. The number of nitrogens with one attached hydrogen (secondary N) is 1. The Bertz CT molecular complexity index is 343. The summed E-state index contributed by atoms with van der Waals surface area (Å²) in [5.74, 6) is 0.498. The van der Waals surface area contributed by atoms with E-state index >= 15 is 0 Å². The van der Waals surface area contributed by atoms with Crippen molar-refractivity contribution in [2.24, 2.45) is 0 Å². The maximum Gasteiger partial charge on any atom is 0.265 e. The molecule has 6 nitrogen and oxygen atoms in total. The van der Waals surface area contributed by atoms with Gasteiger partial charge in [-0.2, -0.15) is 9.97 Å². The quantitative estimate of drug-likeness (QED) is 0.766. The highest BCUT2D eigenvalue weighted by molar-refractivity contribution is 5.33. The molecule has 96 valence electrons. The van der Waals surface area contributed by atoms with Gasteiger partial charge < -0.3 is 19.9 Å². The molecule has 1 aromatic heterocycles. The molecular formula is C9H13F2N3O3. The van der Waals surface area contributed by atoms with Crippen molar-refractivity contribution in [3.63, 3.8) is 0 Å². The van der Waals surface area contributed by atoms with E-state index in [9.17, 15) is 8.78 Å². The fourth-order valence-electron chi connectivity index (χ4n) is 0.977. The van der Waals surface area contributed by atoms with Crippen molar-refractivity contribution in [1.29, 1.82) is 0 Å². The van der Waals surface area contributed by atoms with E-state index in [2.05, 4.69) is 15.3 Å². The number of anilines is 1. The third kappa shape index (κ3) is 3.99. The molecule has 0 amide bonds. The van der Waals surface area contributed by atoms with Gasteiger partial charge in [-0.15, -0.1) is 0 Å². The first-order chi connectivity index (χ1) is 8.06. The lowest BCUT2D eigenvalue weighted by Gasteiger charge is -2.11. The van der Waals surface area contributed by atoms with Crippen LogP contribution in [0.4, 0.5) is 14.7 Å². The fourth-order valence-corrected chi connectivity index (χ4v) is 0.977. The number of methoxy groups -OCH3 is 2. The van der Waals surface area contributed by atoms with E-state index in [0.29, 0.717) is 0 Å². The molecule has 1 heterocycles. The lowest BCUT2D eigenvalue weighted by Crippen LogP contribution is -2.27. The Balaban J connectivity index is 2.70. The maximum absolute atomic E-state index is 12.0. The Kier molecular flexibility index (Phi) is 4.83. The number of rotatable bonds is 6. The molecule has 2 N–H and O–H groups in total. The van der Waals surface area contributed by atoms with E-state index in [1.54, 1.807) is 0 Å². The Morgan fingerprint density at radius 3 is 2.24 bits per heavy atom. The summed E-state index contributed by atoms with van der Waals surface area (Å²) < 4.78 is 33.8. The van der Waals surface area contributed by atoms with E-state index in [4.69, 9.17) is 14.6 Å². The maximum atomic E-state index is 12.0. The molecule has 0 fully saturated rings. The zero-order chi connectivity index (χ0) is 12.8. The van der Waals surface area contributed by atoms with Crippen molar-refractivity contribution in [3.05, 3.63) is 6.07 Å². The van der Waals surface area contributed by atoms with Gasteiger partial charge in [0.1, 0.15) is 6.10 Å². The molecule has 0 aromatic carbocycles. The van der Waals surface area contributed by atoms with E-state index in [-0.39, 0.29) is 24.3 Å². The van der Waals surface area contributed by atoms with E-state index in [0.717, 1.165) is 0 Å². The zero-order valence-electron chi connectivity index (χ0n) is 9.35. The van der Waals surface area contributed by atoms with Crippen molar-refractivity contribution < 1.29 is 23.4 Å². The number of aromatic nitrogens is 2. The normalized spacial score (nSPS) is 12.4. The van der Waals surface area contributed by atoms with Gasteiger partial charge in [0, 0.05) is 6.54 Å². The van der Waals surface area contributed by atoms with Crippen molar-refractivity contribution in [1.82, 2.24) is 9.97 Å². The molecule has 17 heavy (non-hydrogen) atoms. The van der Waals surface area contributed by atoms with Crippen molar-refractivity contribution in [2.75, 3.05) is 26.1 Å². The molecule has 1 unspecified atom stereocenters. The van der Waals surface area contributed by atoms with E-state index in [1.807, 2.05) is 0 Å². The first kappa shape index (κ1) is 13.4. The molecule has 0 aliphatic carbocycles. The highest BCUT2D eigenvalue weighted by Gasteiger charge is 2.17. The van der Waals surface area contributed by atoms with Crippen LogP contribution in [0.2, 0.25) is 0 Å². The Hall–Kier alpha value is -1.70. The van der Waals surface area contributed by atoms with Crippen LogP contribution in [0, 0.1) is 0 Å². The predicted molar refractivity (Wildman–Crippen MR) is 55.6 cm³/mol. The van der Waals surface area contributed by atoms with Crippen molar-refractivity contribution in [3.8, 4) is 11.8 Å². The smallest absolute Gasteiger partial charge is 0.265 e. The molecule has 1 atom stereocenters. The van der Waals surface area contributed by atoms with Crippen LogP contribution in [0.15, 0.2) is 6.07 Å². The van der Waals surface area contributed by atoms with Gasteiger partial charge in [-0.1, -0.05) is 0 Å². The van der Waals surface area contributed by atoms with Gasteiger partial charge in [-0.25, -0.2) is 8.78 Å². The van der Waals surface area contributed by atoms with E-state index in [1.165, 1.54) is 20.3 Å². The summed E-state index contributed by atoms with van der Waals surface area (Å²) in [5.41, 5.74) is 0. The average molecular weight is 249 g/mol. The van der Waals surface area contributed by atoms with Crippen LogP contribution < -0.4 is 14.8 Å².